The van der Waals surface area contributed by atoms with Gasteiger partial charge in [-0.25, -0.2) is 0 Å². The van der Waals surface area contributed by atoms with Crippen LogP contribution in [-0.2, 0) is 9.59 Å². The van der Waals surface area contributed by atoms with Crippen molar-refractivity contribution in [1.82, 2.24) is 20.0 Å². The first kappa shape index (κ1) is 22.3. The number of carbonyl (C=O) groups excluding carboxylic acids is 2. The summed E-state index contributed by atoms with van der Waals surface area (Å²) < 4.78 is 0. The molecular weight excluding hydrogens is 400 g/mol. The monoisotopic (exact) mass is 428 g/mol. The van der Waals surface area contributed by atoms with Gasteiger partial charge in [-0.1, -0.05) is 54.1 Å². The Kier molecular flexibility index (Phi) is 7.85. The molecule has 3 rings (SSSR count). The van der Waals surface area contributed by atoms with E-state index in [2.05, 4.69) is 15.1 Å². The highest BCUT2D eigenvalue weighted by Crippen LogP contribution is 2.23. The molecule has 0 saturated carbocycles. The third-order valence-corrected chi connectivity index (χ3v) is 5.58. The second-order valence-corrected chi connectivity index (χ2v) is 8.24. The van der Waals surface area contributed by atoms with E-state index < -0.39 is 0 Å². The molecule has 1 unspecified atom stereocenters. The number of likely N-dealkylation sites (N-methyl/N-ethyl adjacent to an activating group) is 1. The lowest BCUT2D eigenvalue weighted by Crippen LogP contribution is -2.51. The Morgan fingerprint density at radius 2 is 1.43 bits per heavy atom. The Labute approximate surface area is 183 Å². The van der Waals surface area contributed by atoms with Crippen LogP contribution in [0.3, 0.4) is 0 Å². The molecule has 2 aromatic carbocycles. The molecule has 1 aliphatic rings. The number of carbonyl (C=O) groups is 2. The van der Waals surface area contributed by atoms with Gasteiger partial charge in [0.1, 0.15) is 0 Å². The molecule has 0 aromatic heterocycles. The van der Waals surface area contributed by atoms with Crippen molar-refractivity contribution in [1.29, 1.82) is 0 Å². The Morgan fingerprint density at radius 1 is 0.900 bits per heavy atom. The van der Waals surface area contributed by atoms with E-state index in [1.165, 1.54) is 0 Å². The summed E-state index contributed by atoms with van der Waals surface area (Å²) in [6.45, 7) is 3.88. The highest BCUT2D eigenvalue weighted by molar-refractivity contribution is 6.30. The van der Waals surface area contributed by atoms with Crippen molar-refractivity contribution >= 4 is 23.4 Å². The Bertz CT molecular complexity index is 834. The van der Waals surface area contributed by atoms with Crippen LogP contribution in [0.5, 0.6) is 0 Å². The summed E-state index contributed by atoms with van der Waals surface area (Å²) in [5.41, 5.74) is 2.02. The maximum absolute atomic E-state index is 12.8. The molecule has 160 valence electrons. The lowest BCUT2D eigenvalue weighted by molar-refractivity contribution is -0.131. The highest BCUT2D eigenvalue weighted by atomic mass is 35.5. The molecule has 7 heteroatoms. The number of halogens is 1. The zero-order chi connectivity index (χ0) is 21.5. The van der Waals surface area contributed by atoms with E-state index in [1.807, 2.05) is 54.6 Å². The van der Waals surface area contributed by atoms with Crippen molar-refractivity contribution in [3.8, 4) is 0 Å². The Hall–Kier alpha value is -2.41. The summed E-state index contributed by atoms with van der Waals surface area (Å²) in [5, 5.41) is 3.85. The molecule has 0 spiro atoms. The number of hydrogen-bond donors (Lipinski definition) is 1. The lowest BCUT2D eigenvalue weighted by Gasteiger charge is -2.34. The molecule has 1 heterocycles. The van der Waals surface area contributed by atoms with Gasteiger partial charge in [-0.05, 0) is 23.3 Å². The molecule has 0 aliphatic carbocycles. The van der Waals surface area contributed by atoms with Crippen LogP contribution in [-0.4, -0.2) is 79.9 Å². The molecule has 1 saturated heterocycles. The fourth-order valence-electron chi connectivity index (χ4n) is 3.51. The van der Waals surface area contributed by atoms with Crippen LogP contribution in [0.1, 0.15) is 17.2 Å². The zero-order valence-corrected chi connectivity index (χ0v) is 18.3. The second kappa shape index (κ2) is 10.6. The largest absolute Gasteiger partial charge is 0.348 e. The van der Waals surface area contributed by atoms with Crippen molar-refractivity contribution < 1.29 is 9.59 Å². The average Bonchev–Trinajstić information content (AvgIpc) is 2.75. The zero-order valence-electron chi connectivity index (χ0n) is 17.6. The van der Waals surface area contributed by atoms with Crippen LogP contribution >= 0.6 is 11.6 Å². The van der Waals surface area contributed by atoms with E-state index in [-0.39, 0.29) is 17.9 Å². The fraction of sp³-hybridized carbons (Fsp3) is 0.391. The average molecular weight is 429 g/mol. The number of benzene rings is 2. The third-order valence-electron chi connectivity index (χ3n) is 5.33. The van der Waals surface area contributed by atoms with E-state index in [1.54, 1.807) is 19.0 Å². The first-order chi connectivity index (χ1) is 14.4. The number of amides is 2. The number of hydrogen-bond acceptors (Lipinski definition) is 4. The SMILES string of the molecule is CN(C)C(=O)CN1CCN(CC(=O)NC(c2ccccc2)c2ccc(Cl)cc2)CC1. The van der Waals surface area contributed by atoms with Gasteiger partial charge >= 0.3 is 0 Å². The van der Waals surface area contributed by atoms with Crippen molar-refractivity contribution in [2.75, 3.05) is 53.4 Å². The highest BCUT2D eigenvalue weighted by Gasteiger charge is 2.23. The predicted octanol–water partition coefficient (Wildman–Crippen LogP) is 2.25. The molecule has 1 aliphatic heterocycles. The van der Waals surface area contributed by atoms with Crippen LogP contribution in [0, 0.1) is 0 Å². The van der Waals surface area contributed by atoms with Gasteiger partial charge in [0, 0.05) is 45.3 Å². The summed E-state index contributed by atoms with van der Waals surface area (Å²) >= 11 is 6.04. The minimum absolute atomic E-state index is 0.0170. The van der Waals surface area contributed by atoms with E-state index in [0.29, 0.717) is 18.1 Å². The van der Waals surface area contributed by atoms with Gasteiger partial charge in [-0.3, -0.25) is 19.4 Å². The molecule has 30 heavy (non-hydrogen) atoms. The standard InChI is InChI=1S/C23H29ClN4O2/c1-26(2)22(30)17-28-14-12-27(13-15-28)16-21(29)25-23(18-6-4-3-5-7-18)19-8-10-20(24)11-9-19/h3-11,23H,12-17H2,1-2H3,(H,25,29). The molecular formula is C23H29ClN4O2. The molecule has 6 nitrogen and oxygen atoms in total. The minimum atomic E-state index is -0.227. The van der Waals surface area contributed by atoms with Gasteiger partial charge in [0.15, 0.2) is 0 Å². The normalized spacial score (nSPS) is 16.1. The van der Waals surface area contributed by atoms with Crippen LogP contribution in [0.2, 0.25) is 5.02 Å². The molecule has 1 fully saturated rings. The number of nitrogens with zero attached hydrogens (tertiary/aromatic N) is 3. The van der Waals surface area contributed by atoms with Gasteiger partial charge in [-0.2, -0.15) is 0 Å². The molecule has 1 N–H and O–H groups in total. The smallest absolute Gasteiger partial charge is 0.236 e. The van der Waals surface area contributed by atoms with Gasteiger partial charge in [0.25, 0.3) is 0 Å². The summed E-state index contributed by atoms with van der Waals surface area (Å²) in [4.78, 5) is 30.6. The van der Waals surface area contributed by atoms with Crippen LogP contribution in [0.15, 0.2) is 54.6 Å². The second-order valence-electron chi connectivity index (χ2n) is 7.80. The lowest BCUT2D eigenvalue weighted by atomic mass is 9.98. The Balaban J connectivity index is 1.58. The summed E-state index contributed by atoms with van der Waals surface area (Å²) in [5.74, 6) is 0.0893. The molecule has 2 aromatic rings. The molecule has 0 radical (unpaired) electrons. The van der Waals surface area contributed by atoms with Gasteiger partial charge in [0.2, 0.25) is 11.8 Å². The first-order valence-electron chi connectivity index (χ1n) is 10.2. The molecule has 2 amide bonds. The molecule has 0 bridgehead atoms. The van der Waals surface area contributed by atoms with Crippen molar-refractivity contribution in [3.05, 3.63) is 70.7 Å². The summed E-state index contributed by atoms with van der Waals surface area (Å²) in [6, 6.07) is 17.3. The maximum Gasteiger partial charge on any atom is 0.236 e. The van der Waals surface area contributed by atoms with Crippen molar-refractivity contribution in [2.24, 2.45) is 0 Å². The summed E-state index contributed by atoms with van der Waals surface area (Å²) in [6.07, 6.45) is 0. The quantitative estimate of drug-likeness (QED) is 0.735. The number of piperazine rings is 1. The molecule has 1 atom stereocenters. The van der Waals surface area contributed by atoms with E-state index in [9.17, 15) is 9.59 Å². The first-order valence-corrected chi connectivity index (χ1v) is 10.5. The van der Waals surface area contributed by atoms with Crippen LogP contribution < -0.4 is 5.32 Å². The van der Waals surface area contributed by atoms with Crippen LogP contribution in [0.25, 0.3) is 0 Å². The van der Waals surface area contributed by atoms with Gasteiger partial charge in [-0.15, -0.1) is 0 Å². The number of rotatable bonds is 7. The van der Waals surface area contributed by atoms with Gasteiger partial charge in [0.05, 0.1) is 19.1 Å². The summed E-state index contributed by atoms with van der Waals surface area (Å²) in [7, 11) is 3.54. The van der Waals surface area contributed by atoms with Crippen LogP contribution in [0.4, 0.5) is 0 Å². The van der Waals surface area contributed by atoms with Crippen molar-refractivity contribution in [3.63, 3.8) is 0 Å². The fourth-order valence-corrected chi connectivity index (χ4v) is 3.63. The van der Waals surface area contributed by atoms with Crippen molar-refractivity contribution in [2.45, 2.75) is 6.04 Å². The third kappa shape index (κ3) is 6.29. The van der Waals surface area contributed by atoms with E-state index >= 15 is 0 Å². The van der Waals surface area contributed by atoms with Gasteiger partial charge < -0.3 is 10.2 Å². The number of nitrogens with one attached hydrogen (secondary N) is 1. The topological polar surface area (TPSA) is 55.9 Å². The Morgan fingerprint density at radius 3 is 2.00 bits per heavy atom. The predicted molar refractivity (Wildman–Crippen MR) is 119 cm³/mol. The van der Waals surface area contributed by atoms with E-state index in [0.717, 1.165) is 37.3 Å². The minimum Gasteiger partial charge on any atom is -0.348 e. The maximum atomic E-state index is 12.8. The van der Waals surface area contributed by atoms with E-state index in [4.69, 9.17) is 11.6 Å².